The standard InChI is InChI=1S/C47H41BN2S2/c1-7-8-18-35(32-23-25-33(26-24-32)47(4,5)6)31(3)49-39-27-30(2)28-40-38(39)29-48(45-43(49)36-19-12-14-21-41(36)51-45)46-44(37-20-13-15-22-42(37)52-46)50(40)34-16-10-9-11-17-34/h7-28H,1,29H2,2-6H3/b18-8-,35-31-. The van der Waals surface area contributed by atoms with Gasteiger partial charge < -0.3 is 9.80 Å². The van der Waals surface area contributed by atoms with Crippen LogP contribution in [0.2, 0.25) is 0 Å². The number of aryl methyl sites for hydroxylation is 1. The zero-order valence-electron chi connectivity index (χ0n) is 30.4. The van der Waals surface area contributed by atoms with Crippen molar-refractivity contribution in [1.29, 1.82) is 0 Å². The first kappa shape index (κ1) is 32.8. The molecule has 4 heterocycles. The summed E-state index contributed by atoms with van der Waals surface area (Å²) in [5, 5.41) is 2.63. The zero-order valence-corrected chi connectivity index (χ0v) is 32.0. The third kappa shape index (κ3) is 5.21. The maximum atomic E-state index is 4.07. The van der Waals surface area contributed by atoms with Crippen LogP contribution in [0.1, 0.15) is 49.9 Å². The maximum absolute atomic E-state index is 4.07. The monoisotopic (exact) mass is 708 g/mol. The van der Waals surface area contributed by atoms with Crippen LogP contribution in [0.25, 0.3) is 25.7 Å². The molecule has 5 aromatic carbocycles. The van der Waals surface area contributed by atoms with E-state index in [1.54, 1.807) is 0 Å². The first-order chi connectivity index (χ1) is 25.2. The van der Waals surface area contributed by atoms with Crippen LogP contribution in [0.15, 0.2) is 146 Å². The molecule has 2 nitrogen and oxygen atoms in total. The molecule has 0 fully saturated rings. The van der Waals surface area contributed by atoms with E-state index in [1.807, 2.05) is 28.7 Å². The van der Waals surface area contributed by atoms with E-state index in [-0.39, 0.29) is 12.1 Å². The number of para-hydroxylation sites is 1. The molecule has 0 N–H and O–H groups in total. The van der Waals surface area contributed by atoms with E-state index in [0.717, 1.165) is 6.32 Å². The van der Waals surface area contributed by atoms with Gasteiger partial charge in [0.1, 0.15) is 0 Å². The Hall–Kier alpha value is -5.10. The summed E-state index contributed by atoms with van der Waals surface area (Å²) in [7, 11) is 0. The van der Waals surface area contributed by atoms with Crippen molar-refractivity contribution in [2.45, 2.75) is 46.4 Å². The van der Waals surface area contributed by atoms with Gasteiger partial charge in [-0.2, -0.15) is 0 Å². The zero-order chi connectivity index (χ0) is 35.7. The minimum Gasteiger partial charge on any atom is -0.313 e. The minimum atomic E-state index is 0.0788. The number of thiophene rings is 2. The number of benzene rings is 5. The molecule has 0 radical (unpaired) electrons. The normalized spacial score (nSPS) is 14.4. The summed E-state index contributed by atoms with van der Waals surface area (Å²) in [6.45, 7) is 15.7. The first-order valence-electron chi connectivity index (χ1n) is 18.2. The predicted molar refractivity (Wildman–Crippen MR) is 231 cm³/mol. The molecule has 0 atom stereocenters. The molecular weight excluding hydrogens is 667 g/mol. The fourth-order valence-corrected chi connectivity index (χ4v) is 10.9. The molecule has 2 bridgehead atoms. The van der Waals surface area contributed by atoms with Crippen molar-refractivity contribution in [2.75, 3.05) is 9.80 Å². The highest BCUT2D eigenvalue weighted by Crippen LogP contribution is 2.52. The maximum Gasteiger partial charge on any atom is 0.245 e. The molecule has 5 heteroatoms. The molecule has 7 aromatic rings. The molecule has 0 saturated heterocycles. The fourth-order valence-electron chi connectivity index (χ4n) is 8.23. The Morgan fingerprint density at radius 3 is 2.00 bits per heavy atom. The molecule has 254 valence electrons. The Morgan fingerprint density at radius 1 is 0.750 bits per heavy atom. The third-order valence-corrected chi connectivity index (χ3v) is 13.3. The van der Waals surface area contributed by atoms with Gasteiger partial charge in [-0.25, -0.2) is 0 Å². The number of fused-ring (bicyclic) bond motifs is 9. The van der Waals surface area contributed by atoms with E-state index >= 15 is 0 Å². The van der Waals surface area contributed by atoms with E-state index < -0.39 is 0 Å². The summed E-state index contributed by atoms with van der Waals surface area (Å²) in [5.74, 6) is 0. The van der Waals surface area contributed by atoms with Crippen LogP contribution < -0.4 is 19.4 Å². The second-order valence-corrected chi connectivity index (χ2v) is 17.3. The second-order valence-electron chi connectivity index (χ2n) is 15.1. The number of nitrogens with zero attached hydrogens (tertiary/aromatic N) is 2. The SMILES string of the molecule is C=C/C=C\C(=C(/C)N1c2cc(C)cc3c2CB(c2sc4ccccc4c21)c1sc2ccccc2c1N3c1ccccc1)c1ccc(C(C)(C)C)cc1. The van der Waals surface area contributed by atoms with Crippen LogP contribution in [0.4, 0.5) is 28.4 Å². The Morgan fingerprint density at radius 2 is 1.35 bits per heavy atom. The summed E-state index contributed by atoms with van der Waals surface area (Å²) >= 11 is 3.94. The molecular formula is C47H41BN2S2. The smallest absolute Gasteiger partial charge is 0.245 e. The quantitative estimate of drug-likeness (QED) is 0.130. The number of rotatable bonds is 5. The fraction of sp³-hybridized carbons (Fsp3) is 0.149. The van der Waals surface area contributed by atoms with Crippen molar-refractivity contribution in [2.24, 2.45) is 0 Å². The van der Waals surface area contributed by atoms with Gasteiger partial charge in [-0.1, -0.05) is 124 Å². The van der Waals surface area contributed by atoms with Crippen LogP contribution in [0.5, 0.6) is 0 Å². The average Bonchev–Trinajstić information content (AvgIpc) is 3.63. The van der Waals surface area contributed by atoms with Gasteiger partial charge >= 0.3 is 0 Å². The number of hydrogen-bond donors (Lipinski definition) is 0. The molecule has 2 aliphatic heterocycles. The van der Waals surface area contributed by atoms with Gasteiger partial charge in [0, 0.05) is 46.7 Å². The van der Waals surface area contributed by atoms with Crippen molar-refractivity contribution in [3.05, 3.63) is 168 Å². The molecule has 2 aromatic heterocycles. The largest absolute Gasteiger partial charge is 0.313 e. The van der Waals surface area contributed by atoms with Gasteiger partial charge in [0.25, 0.3) is 0 Å². The van der Waals surface area contributed by atoms with E-state index in [1.165, 1.54) is 91.7 Å². The van der Waals surface area contributed by atoms with Crippen LogP contribution >= 0.6 is 22.7 Å². The van der Waals surface area contributed by atoms with Gasteiger partial charge in [-0.05, 0) is 84.2 Å². The molecule has 0 spiro atoms. The van der Waals surface area contributed by atoms with Gasteiger partial charge in [-0.3, -0.25) is 0 Å². The Balaban J connectivity index is 1.41. The van der Waals surface area contributed by atoms with E-state index in [9.17, 15) is 0 Å². The molecule has 9 rings (SSSR count). The lowest BCUT2D eigenvalue weighted by Gasteiger charge is -2.33. The molecule has 0 aliphatic carbocycles. The molecule has 0 amide bonds. The van der Waals surface area contributed by atoms with Crippen molar-refractivity contribution in [1.82, 2.24) is 0 Å². The average molecular weight is 709 g/mol. The highest BCUT2D eigenvalue weighted by molar-refractivity contribution is 7.38. The summed E-state index contributed by atoms with van der Waals surface area (Å²) in [5.41, 5.74) is 14.0. The lowest BCUT2D eigenvalue weighted by Crippen LogP contribution is -2.42. The summed E-state index contributed by atoms with van der Waals surface area (Å²) in [6.07, 6.45) is 7.13. The molecule has 0 unspecified atom stereocenters. The van der Waals surface area contributed by atoms with Crippen LogP contribution in [0.3, 0.4) is 0 Å². The number of allylic oxidation sites excluding steroid dienone is 5. The Bertz CT molecular complexity index is 2580. The van der Waals surface area contributed by atoms with E-state index in [0.29, 0.717) is 0 Å². The van der Waals surface area contributed by atoms with E-state index in [4.69, 9.17) is 0 Å². The highest BCUT2D eigenvalue weighted by atomic mass is 32.1. The third-order valence-electron chi connectivity index (χ3n) is 10.7. The van der Waals surface area contributed by atoms with Crippen LogP contribution in [-0.2, 0) is 11.7 Å². The summed E-state index contributed by atoms with van der Waals surface area (Å²) < 4.78 is 5.52. The van der Waals surface area contributed by atoms with Gasteiger partial charge in [0.15, 0.2) is 0 Å². The topological polar surface area (TPSA) is 6.48 Å². The predicted octanol–water partition coefficient (Wildman–Crippen LogP) is 12.5. The van der Waals surface area contributed by atoms with Gasteiger partial charge in [0.2, 0.25) is 6.71 Å². The van der Waals surface area contributed by atoms with Gasteiger partial charge in [0.05, 0.1) is 22.7 Å². The van der Waals surface area contributed by atoms with Crippen LogP contribution in [0, 0.1) is 6.92 Å². The Kier molecular flexibility index (Phi) is 7.91. The number of hydrogen-bond acceptors (Lipinski definition) is 4. The lowest BCUT2D eigenvalue weighted by atomic mass is 9.44. The van der Waals surface area contributed by atoms with Crippen LogP contribution in [-0.4, -0.2) is 6.71 Å². The van der Waals surface area contributed by atoms with E-state index in [2.05, 4.69) is 178 Å². The van der Waals surface area contributed by atoms with Gasteiger partial charge in [-0.15, -0.1) is 22.7 Å². The lowest BCUT2D eigenvalue weighted by molar-refractivity contribution is 0.590. The highest BCUT2D eigenvalue weighted by Gasteiger charge is 2.42. The molecule has 0 saturated carbocycles. The summed E-state index contributed by atoms with van der Waals surface area (Å²) in [4.78, 5) is 5.18. The van der Waals surface area contributed by atoms with Crippen molar-refractivity contribution in [3.8, 4) is 0 Å². The minimum absolute atomic E-state index is 0.0788. The number of anilines is 5. The van der Waals surface area contributed by atoms with Crippen molar-refractivity contribution >= 4 is 93.1 Å². The summed E-state index contributed by atoms with van der Waals surface area (Å²) in [6, 6.07) is 43.0. The first-order valence-corrected chi connectivity index (χ1v) is 19.8. The molecule has 52 heavy (non-hydrogen) atoms. The molecule has 2 aliphatic rings. The van der Waals surface area contributed by atoms with Crippen molar-refractivity contribution < 1.29 is 0 Å². The Labute approximate surface area is 315 Å². The second kappa shape index (κ2) is 12.5. The van der Waals surface area contributed by atoms with Crippen molar-refractivity contribution in [3.63, 3.8) is 0 Å².